The van der Waals surface area contributed by atoms with Crippen molar-refractivity contribution in [3.05, 3.63) is 0 Å². The van der Waals surface area contributed by atoms with Crippen molar-refractivity contribution in [2.24, 2.45) is 0 Å². The van der Waals surface area contributed by atoms with Gasteiger partial charge in [-0.3, -0.25) is 19.2 Å². The Morgan fingerprint density at radius 1 is 0.323 bits per heavy atom. The number of unbranched alkanes of at least 4 members (excludes halogenated alkanes) is 30. The van der Waals surface area contributed by atoms with Crippen LogP contribution in [0.2, 0.25) is 0 Å². The Balaban J connectivity index is -0.000000526. The summed E-state index contributed by atoms with van der Waals surface area (Å²) in [6, 6.07) is 0. The van der Waals surface area contributed by atoms with Crippen molar-refractivity contribution in [2.75, 3.05) is 13.2 Å². The summed E-state index contributed by atoms with van der Waals surface area (Å²) in [6.07, 6.45) is 39.0. The van der Waals surface area contributed by atoms with E-state index >= 15 is 0 Å². The van der Waals surface area contributed by atoms with Gasteiger partial charge in [-0.1, -0.05) is 206 Å². The van der Waals surface area contributed by atoms with Crippen LogP contribution in [-0.2, 0) is 57.8 Å². The topological polar surface area (TPSA) is 220 Å². The summed E-state index contributed by atoms with van der Waals surface area (Å²) in [5.41, 5.74) is 0. The summed E-state index contributed by atoms with van der Waals surface area (Å²) in [4.78, 5) is 44.8. The Bertz CT molecular complexity index is 1170. The molecule has 0 saturated heterocycles. The molecule has 0 fully saturated rings. The quantitative estimate of drug-likeness (QED) is 0.0254. The number of rotatable bonds is 42. The van der Waals surface area contributed by atoms with E-state index < -0.39 is 57.5 Å². The average Bonchev–Trinajstić information content (AvgIpc) is 3.17. The van der Waals surface area contributed by atoms with Crippen LogP contribution in [0.5, 0.6) is 0 Å². The van der Waals surface area contributed by atoms with E-state index in [1.165, 1.54) is 167 Å². The number of ether oxygens (including phenoxy) is 2. The molecule has 14 nitrogen and oxygen atoms in total. The predicted octanol–water partition coefficient (Wildman–Crippen LogP) is 5.16. The fraction of sp³-hybridized carbons (Fsp3) is 0.909. The molecule has 18 heteroatoms. The molecule has 0 bridgehead atoms. The first-order valence-corrected chi connectivity index (χ1v) is 26.0. The van der Waals surface area contributed by atoms with Crippen molar-refractivity contribution in [3.8, 4) is 0 Å². The Morgan fingerprint density at radius 3 is 0.694 bits per heavy atom. The van der Waals surface area contributed by atoms with Crippen LogP contribution in [0.25, 0.3) is 0 Å². The first-order chi connectivity index (χ1) is 28.7. The van der Waals surface area contributed by atoms with E-state index in [-0.39, 0.29) is 85.2 Å². The van der Waals surface area contributed by atoms with Gasteiger partial charge in [-0.15, -0.1) is 0 Å². The third kappa shape index (κ3) is 61.8. The Morgan fingerprint density at radius 2 is 0.500 bits per heavy atom. The van der Waals surface area contributed by atoms with E-state index in [0.29, 0.717) is 0 Å². The Kier molecular flexibility index (Phi) is 55.2. The van der Waals surface area contributed by atoms with Crippen LogP contribution in [0.15, 0.2) is 0 Å². The molecule has 0 N–H and O–H groups in total. The van der Waals surface area contributed by atoms with Crippen LogP contribution in [0.3, 0.4) is 0 Å². The van der Waals surface area contributed by atoms with Crippen LogP contribution >= 0.6 is 0 Å². The molecule has 0 heterocycles. The first kappa shape index (κ1) is 68.3. The predicted molar refractivity (Wildman–Crippen MR) is 231 cm³/mol. The van der Waals surface area contributed by atoms with E-state index in [4.69, 9.17) is 9.47 Å². The number of hydrogen-bond acceptors (Lipinski definition) is 14. The zero-order valence-corrected chi connectivity index (χ0v) is 45.0. The van der Waals surface area contributed by atoms with Gasteiger partial charge in [-0.2, -0.15) is 0 Å². The minimum atomic E-state index is -5.07. The number of esters is 2. The summed E-state index contributed by atoms with van der Waals surface area (Å²) < 4.78 is 78.4. The van der Waals surface area contributed by atoms with E-state index in [0.717, 1.165) is 38.5 Å². The van der Waals surface area contributed by atoms with Gasteiger partial charge in [-0.05, 0) is 12.8 Å². The molecule has 0 aromatic heterocycles. The van der Waals surface area contributed by atoms with Crippen LogP contribution in [0, 0.1) is 0 Å². The van der Waals surface area contributed by atoms with Gasteiger partial charge in [0.2, 0.25) is 0 Å². The van der Waals surface area contributed by atoms with Crippen molar-refractivity contribution in [3.63, 3.8) is 0 Å². The molecule has 0 radical (unpaired) electrons. The fourth-order valence-electron chi connectivity index (χ4n) is 6.54. The second kappa shape index (κ2) is 50.1. The summed E-state index contributed by atoms with van der Waals surface area (Å²) in [5, 5.41) is 0. The number of hydrogen-bond donors (Lipinski definition) is 0. The molecule has 0 spiro atoms. The van der Waals surface area contributed by atoms with E-state index in [2.05, 4.69) is 22.2 Å². The largest absolute Gasteiger partial charge is 1.00 e. The Labute approximate surface area is 421 Å². The molecule has 62 heavy (non-hydrogen) atoms. The molecule has 0 rings (SSSR count). The summed E-state index contributed by atoms with van der Waals surface area (Å²) >= 11 is 0. The molecule has 0 aliphatic carbocycles. The molecule has 0 atom stereocenters. The summed E-state index contributed by atoms with van der Waals surface area (Å²) in [6.45, 7) is 5.07. The van der Waals surface area contributed by atoms with Crippen molar-refractivity contribution < 1.29 is 122 Å². The maximum atomic E-state index is 11.4. The maximum Gasteiger partial charge on any atom is 1.00 e. The normalized spacial score (nSPS) is 11.0. The molecule has 0 amide bonds. The molecule has 0 aromatic rings. The first-order valence-electron chi connectivity index (χ1n) is 23.4. The van der Waals surface area contributed by atoms with E-state index in [1.807, 2.05) is 0 Å². The van der Waals surface area contributed by atoms with Crippen LogP contribution in [0.4, 0.5) is 0 Å². The van der Waals surface area contributed by atoms with Crippen LogP contribution < -0.4 is 59.1 Å². The SMILES string of the molecule is CCCCCCCCCCCCCCCCCCOC(=O)CCC(=O)OS(=O)(=O)[O-].CCCCCCCCCCCCCCCCCCOC(=O)CCC(=O)OS(=O)(=O)[O-].[Na+].[Na+]. The zero-order valence-electron chi connectivity index (χ0n) is 39.4. The second-order valence-corrected chi connectivity index (χ2v) is 17.7. The molecule has 0 aliphatic rings. The smallest absolute Gasteiger partial charge is 0.716 e. The number of carbonyl (C=O) groups excluding carboxylic acids is 4. The van der Waals surface area contributed by atoms with Gasteiger partial charge in [-0.25, -0.2) is 16.8 Å². The molecular weight excluding hydrogens is 863 g/mol. The van der Waals surface area contributed by atoms with Crippen molar-refractivity contribution in [1.29, 1.82) is 0 Å². The van der Waals surface area contributed by atoms with Crippen molar-refractivity contribution in [2.45, 2.75) is 245 Å². The van der Waals surface area contributed by atoms with Gasteiger partial charge >= 0.3 is 83.0 Å². The fourth-order valence-corrected chi connectivity index (χ4v) is 7.16. The monoisotopic (exact) mass is 944 g/mol. The second-order valence-electron chi connectivity index (χ2n) is 15.8. The number of carbonyl (C=O) groups is 4. The van der Waals surface area contributed by atoms with Gasteiger partial charge in [0.05, 0.1) is 38.9 Å². The summed E-state index contributed by atoms with van der Waals surface area (Å²) in [5.74, 6) is -3.69. The zero-order chi connectivity index (χ0) is 45.0. The third-order valence-electron chi connectivity index (χ3n) is 9.98. The van der Waals surface area contributed by atoms with Gasteiger partial charge in [0.15, 0.2) is 0 Å². The summed E-state index contributed by atoms with van der Waals surface area (Å²) in [7, 11) is -10.1. The van der Waals surface area contributed by atoms with Crippen molar-refractivity contribution in [1.82, 2.24) is 0 Å². The molecule has 0 aromatic carbocycles. The van der Waals surface area contributed by atoms with Gasteiger partial charge < -0.3 is 26.9 Å². The third-order valence-corrected chi connectivity index (χ3v) is 10.8. The molecule has 356 valence electrons. The molecule has 0 aliphatic heterocycles. The average molecular weight is 945 g/mol. The van der Waals surface area contributed by atoms with E-state index in [9.17, 15) is 45.1 Å². The van der Waals surface area contributed by atoms with Crippen LogP contribution in [-0.4, -0.2) is 63.0 Å². The van der Waals surface area contributed by atoms with E-state index in [1.54, 1.807) is 0 Å². The van der Waals surface area contributed by atoms with Gasteiger partial charge in [0.1, 0.15) is 0 Å². The minimum absolute atomic E-state index is 0. The Hall–Kier alpha value is -0.300. The minimum Gasteiger partial charge on any atom is -0.716 e. The van der Waals surface area contributed by atoms with Crippen molar-refractivity contribution >= 4 is 44.7 Å². The van der Waals surface area contributed by atoms with Gasteiger partial charge in [0.25, 0.3) is 20.8 Å². The molecule has 0 unspecified atom stereocenters. The van der Waals surface area contributed by atoms with Crippen LogP contribution in [0.1, 0.15) is 245 Å². The standard InChI is InChI=1S/2C22H42O7S.2Na/c2*1-2-3-4-5-6-7-8-9-10-11-12-13-14-15-16-17-20-28-21(23)18-19-22(24)29-30(25,26)27;;/h2*2-20H2,1H3,(H,25,26,27);;/q;;2*+1/p-2. The molecule has 0 saturated carbocycles. The maximum absolute atomic E-state index is 11.4. The van der Waals surface area contributed by atoms with Gasteiger partial charge in [0, 0.05) is 0 Å². The molecular formula is C44H82Na2O14S2.